The molecule has 4 heterocycles. The molecule has 2 aliphatic heterocycles. The average Bonchev–Trinajstić information content (AvgIpc) is 3.46. The van der Waals surface area contributed by atoms with E-state index in [0.29, 0.717) is 11.4 Å². The van der Waals surface area contributed by atoms with E-state index in [1.54, 1.807) is 23.7 Å². The highest BCUT2D eigenvalue weighted by molar-refractivity contribution is 7.14. The maximum atomic E-state index is 13.3. The average molecular weight is 390 g/mol. The van der Waals surface area contributed by atoms with Crippen LogP contribution in [0.1, 0.15) is 39.6 Å². The fourth-order valence-electron chi connectivity index (χ4n) is 3.66. The lowest BCUT2D eigenvalue weighted by Crippen LogP contribution is -2.40. The lowest BCUT2D eigenvalue weighted by Gasteiger charge is -2.28. The molecular weight excluding hydrogens is 368 g/mol. The second kappa shape index (κ2) is 7.33. The number of nitrogens with zero attached hydrogens (tertiary/aromatic N) is 6. The first kappa shape index (κ1) is 18.0. The van der Waals surface area contributed by atoms with Crippen molar-refractivity contribution in [1.82, 2.24) is 40.9 Å². The van der Waals surface area contributed by atoms with E-state index in [2.05, 4.69) is 26.4 Å². The van der Waals surface area contributed by atoms with E-state index in [9.17, 15) is 9.59 Å². The normalized spacial score (nSPS) is 25.1. The summed E-state index contributed by atoms with van der Waals surface area (Å²) < 4.78 is 1.56. The number of likely N-dealkylation sites (tertiary alicyclic amines) is 1. The van der Waals surface area contributed by atoms with Crippen molar-refractivity contribution in [1.29, 1.82) is 0 Å². The van der Waals surface area contributed by atoms with Gasteiger partial charge in [0.15, 0.2) is 0 Å². The van der Waals surface area contributed by atoms with Gasteiger partial charge in [-0.15, -0.1) is 16.4 Å². The zero-order chi connectivity index (χ0) is 19.0. The van der Waals surface area contributed by atoms with E-state index >= 15 is 0 Å². The largest absolute Gasteiger partial charge is 0.344 e. The smallest absolute Gasteiger partial charge is 0.263 e. The van der Waals surface area contributed by atoms with Crippen molar-refractivity contribution in [2.45, 2.75) is 25.0 Å². The van der Waals surface area contributed by atoms with Crippen LogP contribution >= 0.6 is 11.3 Å². The summed E-state index contributed by atoms with van der Waals surface area (Å²) in [6, 6.07) is 3.84. The molecular formula is C16H22N8O2S. The van der Waals surface area contributed by atoms with Gasteiger partial charge in [0.25, 0.3) is 5.91 Å². The van der Waals surface area contributed by atoms with Gasteiger partial charge in [0, 0.05) is 32.1 Å². The first-order chi connectivity index (χ1) is 13.1. The number of tetrazole rings is 1. The van der Waals surface area contributed by atoms with Crippen molar-refractivity contribution in [2.75, 3.05) is 27.2 Å². The van der Waals surface area contributed by atoms with E-state index < -0.39 is 0 Å². The van der Waals surface area contributed by atoms with Gasteiger partial charge < -0.3 is 9.80 Å². The van der Waals surface area contributed by atoms with E-state index in [1.807, 2.05) is 17.0 Å². The molecule has 2 aliphatic rings. The Hall–Kier alpha value is -2.37. The van der Waals surface area contributed by atoms with Gasteiger partial charge in [-0.3, -0.25) is 15.0 Å². The number of carbonyl (C=O) groups excluding carboxylic acids is 2. The van der Waals surface area contributed by atoms with E-state index in [0.717, 1.165) is 24.3 Å². The van der Waals surface area contributed by atoms with Gasteiger partial charge in [-0.2, -0.15) is 0 Å². The van der Waals surface area contributed by atoms with Crippen LogP contribution in [0, 0.1) is 5.92 Å². The second-order valence-corrected chi connectivity index (χ2v) is 8.07. The summed E-state index contributed by atoms with van der Waals surface area (Å²) in [6.45, 7) is 1.23. The highest BCUT2D eigenvalue weighted by Gasteiger charge is 2.41. The summed E-state index contributed by atoms with van der Waals surface area (Å²) in [5.41, 5.74) is 6.11. The maximum absolute atomic E-state index is 13.3. The quantitative estimate of drug-likeness (QED) is 0.758. The Kier molecular flexibility index (Phi) is 4.89. The molecule has 0 spiro atoms. The fraction of sp³-hybridized carbons (Fsp3) is 0.562. The SMILES string of the molecule is CN(C)C(=O)c1ccc(C2CCCN2C(=O)C2CNNC2n2cnnn2)s1. The van der Waals surface area contributed by atoms with Crippen LogP contribution in [0.5, 0.6) is 0 Å². The molecule has 10 nitrogen and oxygen atoms in total. The Balaban J connectivity index is 1.53. The molecule has 2 aromatic heterocycles. The van der Waals surface area contributed by atoms with Crippen LogP contribution in [-0.4, -0.2) is 69.0 Å². The van der Waals surface area contributed by atoms with Gasteiger partial charge in [0.05, 0.1) is 16.8 Å². The van der Waals surface area contributed by atoms with Gasteiger partial charge in [0.2, 0.25) is 5.91 Å². The molecule has 4 rings (SSSR count). The fourth-order valence-corrected chi connectivity index (χ4v) is 4.84. The minimum absolute atomic E-state index is 0.00920. The predicted octanol–water partition coefficient (Wildman–Crippen LogP) is 0.0227. The molecule has 0 aromatic carbocycles. The molecule has 3 atom stereocenters. The molecule has 0 radical (unpaired) electrons. The summed E-state index contributed by atoms with van der Waals surface area (Å²) in [5, 5.41) is 11.2. The van der Waals surface area contributed by atoms with Crippen molar-refractivity contribution in [3.05, 3.63) is 28.2 Å². The van der Waals surface area contributed by atoms with E-state index in [1.165, 1.54) is 17.7 Å². The molecule has 3 unspecified atom stereocenters. The molecule has 11 heteroatoms. The number of nitrogens with one attached hydrogen (secondary N) is 2. The third kappa shape index (κ3) is 3.33. The molecule has 2 saturated heterocycles. The van der Waals surface area contributed by atoms with Gasteiger partial charge >= 0.3 is 0 Å². The molecule has 0 bridgehead atoms. The van der Waals surface area contributed by atoms with Crippen LogP contribution in [0.25, 0.3) is 0 Å². The van der Waals surface area contributed by atoms with Crippen LogP contribution in [0.15, 0.2) is 18.5 Å². The zero-order valence-corrected chi connectivity index (χ0v) is 16.0. The molecule has 27 heavy (non-hydrogen) atoms. The molecule has 144 valence electrons. The van der Waals surface area contributed by atoms with Crippen LogP contribution < -0.4 is 10.9 Å². The van der Waals surface area contributed by atoms with Crippen LogP contribution in [-0.2, 0) is 4.79 Å². The van der Waals surface area contributed by atoms with Crippen molar-refractivity contribution < 1.29 is 9.59 Å². The Labute approximate surface area is 160 Å². The van der Waals surface area contributed by atoms with E-state index in [-0.39, 0.29) is 29.9 Å². The first-order valence-electron chi connectivity index (χ1n) is 8.89. The number of thiophene rings is 1. The standard InChI is InChI=1S/C16H22N8O2S/c1-22(2)16(26)13-6-5-12(27-13)11-4-3-7-23(11)15(25)10-8-17-19-14(10)24-9-18-20-21-24/h5-6,9-11,14,17,19H,3-4,7-8H2,1-2H3. The van der Waals surface area contributed by atoms with Gasteiger partial charge in [0.1, 0.15) is 12.5 Å². The van der Waals surface area contributed by atoms with Crippen LogP contribution in [0.4, 0.5) is 0 Å². The van der Waals surface area contributed by atoms with Crippen LogP contribution in [0.2, 0.25) is 0 Å². The highest BCUT2D eigenvalue weighted by atomic mass is 32.1. The Morgan fingerprint density at radius 3 is 2.93 bits per heavy atom. The van der Waals surface area contributed by atoms with Crippen molar-refractivity contribution in [3.8, 4) is 0 Å². The number of carbonyl (C=O) groups is 2. The zero-order valence-electron chi connectivity index (χ0n) is 15.2. The number of hydrazine groups is 1. The number of rotatable bonds is 4. The number of hydrogen-bond acceptors (Lipinski definition) is 8. The Morgan fingerprint density at radius 2 is 2.19 bits per heavy atom. The monoisotopic (exact) mass is 390 g/mol. The number of amides is 2. The molecule has 2 aromatic rings. The van der Waals surface area contributed by atoms with Gasteiger partial charge in [-0.1, -0.05) is 0 Å². The lowest BCUT2D eigenvalue weighted by atomic mass is 10.1. The summed E-state index contributed by atoms with van der Waals surface area (Å²) in [6.07, 6.45) is 3.05. The highest BCUT2D eigenvalue weighted by Crippen LogP contribution is 2.38. The van der Waals surface area contributed by atoms with Crippen molar-refractivity contribution in [3.63, 3.8) is 0 Å². The second-order valence-electron chi connectivity index (χ2n) is 6.96. The van der Waals surface area contributed by atoms with E-state index in [4.69, 9.17) is 0 Å². The Bertz CT molecular complexity index is 820. The van der Waals surface area contributed by atoms with Crippen LogP contribution in [0.3, 0.4) is 0 Å². The number of hydrogen-bond donors (Lipinski definition) is 2. The number of aromatic nitrogens is 4. The minimum Gasteiger partial charge on any atom is -0.344 e. The summed E-state index contributed by atoms with van der Waals surface area (Å²) in [4.78, 5) is 30.7. The van der Waals surface area contributed by atoms with Gasteiger partial charge in [-0.05, 0) is 35.4 Å². The molecule has 0 saturated carbocycles. The topological polar surface area (TPSA) is 108 Å². The molecule has 0 aliphatic carbocycles. The first-order valence-corrected chi connectivity index (χ1v) is 9.70. The molecule has 2 amide bonds. The minimum atomic E-state index is -0.317. The summed E-state index contributed by atoms with van der Waals surface area (Å²) in [7, 11) is 3.48. The molecule has 2 fully saturated rings. The van der Waals surface area contributed by atoms with Crippen molar-refractivity contribution in [2.24, 2.45) is 5.92 Å². The third-order valence-electron chi connectivity index (χ3n) is 5.03. The van der Waals surface area contributed by atoms with Crippen molar-refractivity contribution >= 4 is 23.2 Å². The van der Waals surface area contributed by atoms with Gasteiger partial charge in [-0.25, -0.2) is 10.1 Å². The Morgan fingerprint density at radius 1 is 1.33 bits per heavy atom. The summed E-state index contributed by atoms with van der Waals surface area (Å²) in [5.74, 6) is -0.230. The molecule has 2 N–H and O–H groups in total. The third-order valence-corrected chi connectivity index (χ3v) is 6.20. The summed E-state index contributed by atoms with van der Waals surface area (Å²) >= 11 is 1.47. The lowest BCUT2D eigenvalue weighted by molar-refractivity contribution is -0.137. The predicted molar refractivity (Wildman–Crippen MR) is 97.5 cm³/mol. The maximum Gasteiger partial charge on any atom is 0.263 e.